The minimum atomic E-state index is -1.17. The largest absolute Gasteiger partial charge is 0.493 e. The lowest BCUT2D eigenvalue weighted by molar-refractivity contribution is -0.142. The third-order valence-electron chi connectivity index (χ3n) is 5.24. The first kappa shape index (κ1) is 24.0. The number of nitrogens with one attached hydrogen (secondary N) is 2. The summed E-state index contributed by atoms with van der Waals surface area (Å²) in [6.07, 6.45) is 4.09. The molecule has 166 valence electrons. The van der Waals surface area contributed by atoms with Gasteiger partial charge in [0.25, 0.3) is 0 Å². The van der Waals surface area contributed by atoms with Crippen LogP contribution in [-0.2, 0) is 16.0 Å². The van der Waals surface area contributed by atoms with Gasteiger partial charge in [-0.15, -0.1) is 11.3 Å². The third-order valence-corrected chi connectivity index (χ3v) is 6.33. The lowest BCUT2D eigenvalue weighted by Crippen LogP contribution is -2.51. The van der Waals surface area contributed by atoms with E-state index < -0.39 is 5.41 Å². The van der Waals surface area contributed by atoms with Crippen LogP contribution in [0.1, 0.15) is 51.3 Å². The molecule has 1 aromatic heterocycles. The fraction of sp³-hybridized carbons (Fsp3) is 0.565. The molecule has 2 aromatic rings. The lowest BCUT2D eigenvalue weighted by atomic mass is 9.83. The number of ether oxygens (including phenoxy) is 2. The Morgan fingerprint density at radius 2 is 1.47 bits per heavy atom. The molecule has 0 spiro atoms. The number of fused-ring (bicyclic) bond motifs is 1. The van der Waals surface area contributed by atoms with Gasteiger partial charge in [-0.3, -0.25) is 9.59 Å². The van der Waals surface area contributed by atoms with E-state index in [1.165, 1.54) is 0 Å². The second kappa shape index (κ2) is 11.2. The van der Waals surface area contributed by atoms with E-state index in [4.69, 9.17) is 9.47 Å². The number of unbranched alkanes of at least 4 members (excludes halogenated alkanes) is 2. The number of thiophene rings is 1. The summed E-state index contributed by atoms with van der Waals surface area (Å²) >= 11 is 1.57. The number of benzene rings is 1. The van der Waals surface area contributed by atoms with Crippen LogP contribution in [0.2, 0.25) is 0 Å². The monoisotopic (exact) mass is 434 g/mol. The van der Waals surface area contributed by atoms with E-state index in [0.717, 1.165) is 40.6 Å². The molecule has 0 bridgehead atoms. The number of amides is 2. The van der Waals surface area contributed by atoms with E-state index in [0.29, 0.717) is 31.0 Å². The first-order valence-corrected chi connectivity index (χ1v) is 11.4. The predicted molar refractivity (Wildman–Crippen MR) is 123 cm³/mol. The number of methoxy groups -OCH3 is 2. The molecule has 0 radical (unpaired) electrons. The van der Waals surface area contributed by atoms with Crippen molar-refractivity contribution in [1.82, 2.24) is 10.6 Å². The molecule has 0 saturated carbocycles. The second-order valence-corrected chi connectivity index (χ2v) is 8.85. The minimum Gasteiger partial charge on any atom is -0.493 e. The molecule has 2 amide bonds. The van der Waals surface area contributed by atoms with Crippen LogP contribution in [0.25, 0.3) is 10.1 Å². The summed E-state index contributed by atoms with van der Waals surface area (Å²) in [5, 5.41) is 6.91. The average Bonchev–Trinajstić information content (AvgIpc) is 3.13. The summed E-state index contributed by atoms with van der Waals surface area (Å²) in [7, 11) is 3.21. The number of carbonyl (C=O) groups is 2. The molecule has 2 N–H and O–H groups in total. The maximum absolute atomic E-state index is 13.0. The maximum Gasteiger partial charge on any atom is 0.235 e. The van der Waals surface area contributed by atoms with Gasteiger partial charge in [0.05, 0.1) is 14.2 Å². The second-order valence-electron chi connectivity index (χ2n) is 7.69. The standard InChI is InChI=1S/C23H34N2O4S/c1-6-8-10-24-21(26)23(3,22(27)25-11-9-7-2)15-17-12-16-13-18(28-4)19(29-5)14-20(16)30-17/h12-14H,6-11,15H2,1-5H3,(H,24,26)(H,25,27). The van der Waals surface area contributed by atoms with Crippen molar-refractivity contribution in [1.29, 1.82) is 0 Å². The van der Waals surface area contributed by atoms with E-state index in [-0.39, 0.29) is 11.8 Å². The van der Waals surface area contributed by atoms with Crippen molar-refractivity contribution in [2.24, 2.45) is 5.41 Å². The third kappa shape index (κ3) is 5.65. The van der Waals surface area contributed by atoms with Crippen LogP contribution in [0, 0.1) is 5.41 Å². The summed E-state index contributed by atoms with van der Waals surface area (Å²) in [5.41, 5.74) is -1.17. The van der Waals surface area contributed by atoms with Crippen LogP contribution in [-0.4, -0.2) is 39.1 Å². The van der Waals surface area contributed by atoms with Gasteiger partial charge in [0.1, 0.15) is 5.41 Å². The van der Waals surface area contributed by atoms with Crippen molar-refractivity contribution in [3.05, 3.63) is 23.1 Å². The highest BCUT2D eigenvalue weighted by Crippen LogP contribution is 2.38. The van der Waals surface area contributed by atoms with Gasteiger partial charge in [-0.05, 0) is 37.3 Å². The Morgan fingerprint density at radius 1 is 0.933 bits per heavy atom. The van der Waals surface area contributed by atoms with Crippen LogP contribution in [0.3, 0.4) is 0 Å². The molecule has 0 aliphatic rings. The molecule has 0 atom stereocenters. The zero-order chi connectivity index (χ0) is 22.1. The number of rotatable bonds is 12. The quantitative estimate of drug-likeness (QED) is 0.386. The van der Waals surface area contributed by atoms with Gasteiger partial charge >= 0.3 is 0 Å². The average molecular weight is 435 g/mol. The van der Waals surface area contributed by atoms with Gasteiger partial charge in [0.15, 0.2) is 11.5 Å². The van der Waals surface area contributed by atoms with Crippen molar-refractivity contribution in [2.75, 3.05) is 27.3 Å². The van der Waals surface area contributed by atoms with Crippen LogP contribution < -0.4 is 20.1 Å². The molecule has 2 rings (SSSR count). The van der Waals surface area contributed by atoms with Gasteiger partial charge in [-0.25, -0.2) is 0 Å². The Hall–Kier alpha value is -2.28. The topological polar surface area (TPSA) is 76.7 Å². The van der Waals surface area contributed by atoms with Crippen molar-refractivity contribution >= 4 is 33.2 Å². The number of hydrogen-bond donors (Lipinski definition) is 2. The Bertz CT molecular complexity index is 799. The summed E-state index contributed by atoms with van der Waals surface area (Å²) < 4.78 is 11.8. The molecule has 1 heterocycles. The Balaban J connectivity index is 2.31. The molecular weight excluding hydrogens is 400 g/mol. The molecule has 0 unspecified atom stereocenters. The smallest absolute Gasteiger partial charge is 0.235 e. The highest BCUT2D eigenvalue weighted by atomic mass is 32.1. The Morgan fingerprint density at radius 3 is 1.97 bits per heavy atom. The van der Waals surface area contributed by atoms with Crippen LogP contribution >= 0.6 is 11.3 Å². The van der Waals surface area contributed by atoms with Gasteiger partial charge in [-0.1, -0.05) is 26.7 Å². The first-order chi connectivity index (χ1) is 14.4. The first-order valence-electron chi connectivity index (χ1n) is 10.6. The van der Waals surface area contributed by atoms with Crippen LogP contribution in [0.5, 0.6) is 11.5 Å². The minimum absolute atomic E-state index is 0.224. The summed E-state index contributed by atoms with van der Waals surface area (Å²) in [6, 6.07) is 5.88. The highest BCUT2D eigenvalue weighted by molar-refractivity contribution is 7.19. The van der Waals surface area contributed by atoms with Crippen molar-refractivity contribution in [3.63, 3.8) is 0 Å². The van der Waals surface area contributed by atoms with Crippen molar-refractivity contribution < 1.29 is 19.1 Å². The predicted octanol–water partition coefficient (Wildman–Crippen LogP) is 4.30. The Kier molecular flexibility index (Phi) is 8.96. The Labute approximate surface area is 183 Å². The summed E-state index contributed by atoms with van der Waals surface area (Å²) in [6.45, 7) is 7.04. The molecule has 30 heavy (non-hydrogen) atoms. The zero-order valence-corrected chi connectivity index (χ0v) is 19.5. The van der Waals surface area contributed by atoms with Gasteiger partial charge in [-0.2, -0.15) is 0 Å². The SMILES string of the molecule is CCCCNC(=O)C(C)(Cc1cc2cc(OC)c(OC)cc2s1)C(=O)NCCCC. The number of carbonyl (C=O) groups excluding carboxylic acids is 2. The molecule has 0 aliphatic carbocycles. The molecule has 0 aliphatic heterocycles. The van der Waals surface area contributed by atoms with Crippen LogP contribution in [0.4, 0.5) is 0 Å². The molecular formula is C23H34N2O4S. The van der Waals surface area contributed by atoms with Crippen molar-refractivity contribution in [2.45, 2.75) is 52.9 Å². The fourth-order valence-electron chi connectivity index (χ4n) is 3.27. The van der Waals surface area contributed by atoms with E-state index in [9.17, 15) is 9.59 Å². The molecule has 1 aromatic carbocycles. The van der Waals surface area contributed by atoms with E-state index in [1.807, 2.05) is 18.2 Å². The van der Waals surface area contributed by atoms with E-state index >= 15 is 0 Å². The fourth-order valence-corrected chi connectivity index (χ4v) is 4.50. The van der Waals surface area contributed by atoms with E-state index in [2.05, 4.69) is 24.5 Å². The van der Waals surface area contributed by atoms with Gasteiger partial charge < -0.3 is 20.1 Å². The normalized spacial score (nSPS) is 11.4. The maximum atomic E-state index is 13.0. The molecule has 0 fully saturated rings. The summed E-state index contributed by atoms with van der Waals surface area (Å²) in [4.78, 5) is 27.0. The molecule has 6 nitrogen and oxygen atoms in total. The number of hydrogen-bond acceptors (Lipinski definition) is 5. The van der Waals surface area contributed by atoms with Crippen molar-refractivity contribution in [3.8, 4) is 11.5 Å². The molecule has 7 heteroatoms. The van der Waals surface area contributed by atoms with Gasteiger partial charge in [0, 0.05) is 35.2 Å². The lowest BCUT2D eigenvalue weighted by Gasteiger charge is -2.27. The summed E-state index contributed by atoms with van der Waals surface area (Å²) in [5.74, 6) is 0.873. The molecule has 0 saturated heterocycles. The van der Waals surface area contributed by atoms with Crippen LogP contribution in [0.15, 0.2) is 18.2 Å². The van der Waals surface area contributed by atoms with Gasteiger partial charge in [0.2, 0.25) is 11.8 Å². The zero-order valence-electron chi connectivity index (χ0n) is 18.7. The van der Waals surface area contributed by atoms with E-state index in [1.54, 1.807) is 32.5 Å². The highest BCUT2D eigenvalue weighted by Gasteiger charge is 2.41.